The average molecular weight is 389 g/mol. The molecule has 116 valence electrons. The zero-order valence-electron chi connectivity index (χ0n) is 13.5. The summed E-state index contributed by atoms with van der Waals surface area (Å²) in [6.07, 6.45) is 14.9. The van der Waals surface area contributed by atoms with Crippen LogP contribution in [0.5, 0.6) is 0 Å². The van der Waals surface area contributed by atoms with Crippen LogP contribution >= 0.6 is 17.0 Å². The molecule has 0 aromatic carbocycles. The van der Waals surface area contributed by atoms with Gasteiger partial charge in [0, 0.05) is 0 Å². The van der Waals surface area contributed by atoms with Crippen molar-refractivity contribution in [2.75, 3.05) is 0 Å². The first kappa shape index (κ1) is 25.4. The predicted molar refractivity (Wildman–Crippen MR) is 89.0 cm³/mol. The van der Waals surface area contributed by atoms with E-state index in [4.69, 9.17) is 17.0 Å². The van der Waals surface area contributed by atoms with Crippen LogP contribution in [0.2, 0.25) is 0 Å². The third-order valence-electron chi connectivity index (χ3n) is 4.10. The van der Waals surface area contributed by atoms with Crippen LogP contribution in [-0.2, 0) is 20.8 Å². The minimum atomic E-state index is -0.826. The molecule has 0 unspecified atom stereocenters. The van der Waals surface area contributed by atoms with Gasteiger partial charge < -0.3 is 14.9 Å². The van der Waals surface area contributed by atoms with Crippen LogP contribution in [0.4, 0.5) is 0 Å². The number of hydrogen-bond acceptors (Lipinski definition) is 0. The number of halogens is 2. The first-order valence-corrected chi connectivity index (χ1v) is 13.6. The Morgan fingerprint density at radius 2 is 0.947 bits per heavy atom. The zero-order chi connectivity index (χ0) is 12.9. The van der Waals surface area contributed by atoms with Crippen LogP contribution in [0.25, 0.3) is 0 Å². The third kappa shape index (κ3) is 15.7. The molecule has 2 saturated carbocycles. The van der Waals surface area contributed by atoms with Gasteiger partial charge in [0.05, 0.1) is 0 Å². The molecule has 0 atom stereocenters. The number of hydrogen-bond donors (Lipinski definition) is 0. The van der Waals surface area contributed by atoms with Crippen molar-refractivity contribution in [1.82, 2.24) is 0 Å². The Hall–Kier alpha value is 1.46. The third-order valence-corrected chi connectivity index (χ3v) is 4.10. The summed E-state index contributed by atoms with van der Waals surface area (Å²) < 4.78 is 0. The summed E-state index contributed by atoms with van der Waals surface area (Å²) in [6.45, 7) is 4.60. The van der Waals surface area contributed by atoms with Crippen LogP contribution in [-0.4, -0.2) is 0 Å². The van der Waals surface area contributed by atoms with Gasteiger partial charge in [-0.05, 0) is 11.8 Å². The zero-order valence-corrected chi connectivity index (χ0v) is 17.5. The van der Waals surface area contributed by atoms with Crippen molar-refractivity contribution >= 4 is 17.0 Å². The molecule has 0 N–H and O–H groups in total. The molecule has 0 bridgehead atoms. The first-order valence-electron chi connectivity index (χ1n) is 7.24. The molecule has 2 aliphatic rings. The van der Waals surface area contributed by atoms with Crippen molar-refractivity contribution in [2.45, 2.75) is 78.1 Å². The SMILES string of the molecule is CCC1CCCC1.CCC1CCCC1.[CH3-].[CH3-].[Cl][Zr+2][Cl]. The van der Waals surface area contributed by atoms with Gasteiger partial charge in [0.2, 0.25) is 0 Å². The topological polar surface area (TPSA) is 0 Å². The summed E-state index contributed by atoms with van der Waals surface area (Å²) in [5, 5.41) is 0. The summed E-state index contributed by atoms with van der Waals surface area (Å²) in [6, 6.07) is 0. The van der Waals surface area contributed by atoms with Gasteiger partial charge in [-0.1, -0.05) is 78.1 Å². The van der Waals surface area contributed by atoms with Crippen molar-refractivity contribution in [3.05, 3.63) is 14.9 Å². The maximum absolute atomic E-state index is 4.93. The Balaban J connectivity index is -0.000000207. The van der Waals surface area contributed by atoms with Gasteiger partial charge in [-0.2, -0.15) is 0 Å². The second-order valence-corrected chi connectivity index (χ2v) is 8.92. The summed E-state index contributed by atoms with van der Waals surface area (Å²) >= 11 is -0.826. The van der Waals surface area contributed by atoms with Gasteiger partial charge in [0.1, 0.15) is 0 Å². The fourth-order valence-electron chi connectivity index (χ4n) is 2.84. The summed E-state index contributed by atoms with van der Waals surface area (Å²) in [7, 11) is 9.87. The Kier molecular flexibility index (Phi) is 26.0. The van der Waals surface area contributed by atoms with Gasteiger partial charge in [-0.3, -0.25) is 0 Å². The average Bonchev–Trinajstić information content (AvgIpc) is 3.04. The molecule has 0 nitrogen and oxygen atoms in total. The van der Waals surface area contributed by atoms with Crippen LogP contribution < -0.4 is 0 Å². The molecule has 0 saturated heterocycles. The van der Waals surface area contributed by atoms with Gasteiger partial charge in [0.25, 0.3) is 0 Å². The Morgan fingerprint density at radius 3 is 1.05 bits per heavy atom. The normalized spacial score (nSPS) is 17.9. The van der Waals surface area contributed by atoms with Crippen molar-refractivity contribution in [2.24, 2.45) is 11.8 Å². The Labute approximate surface area is 142 Å². The van der Waals surface area contributed by atoms with Gasteiger partial charge in [0.15, 0.2) is 0 Å². The molecule has 0 aliphatic heterocycles. The van der Waals surface area contributed by atoms with E-state index in [2.05, 4.69) is 13.8 Å². The minimum absolute atomic E-state index is 0. The quantitative estimate of drug-likeness (QED) is 0.431. The molecule has 19 heavy (non-hydrogen) atoms. The van der Waals surface area contributed by atoms with Crippen molar-refractivity contribution < 1.29 is 20.8 Å². The maximum atomic E-state index is 4.93. The molecular weight excluding hydrogens is 354 g/mol. The second kappa shape index (κ2) is 19.5. The molecular formula is C16H34Cl2Zr. The van der Waals surface area contributed by atoms with E-state index in [1.165, 1.54) is 64.2 Å². The van der Waals surface area contributed by atoms with Gasteiger partial charge in [-0.15, -0.1) is 0 Å². The van der Waals surface area contributed by atoms with E-state index in [9.17, 15) is 0 Å². The molecule has 0 heterocycles. The molecule has 0 spiro atoms. The van der Waals surface area contributed by atoms with E-state index in [-0.39, 0.29) is 14.9 Å². The molecule has 3 heteroatoms. The van der Waals surface area contributed by atoms with Crippen LogP contribution in [0.3, 0.4) is 0 Å². The van der Waals surface area contributed by atoms with Crippen LogP contribution in [0.15, 0.2) is 0 Å². The van der Waals surface area contributed by atoms with E-state index >= 15 is 0 Å². The van der Waals surface area contributed by atoms with E-state index < -0.39 is 20.8 Å². The molecule has 0 amide bonds. The van der Waals surface area contributed by atoms with E-state index in [1.54, 1.807) is 0 Å². The van der Waals surface area contributed by atoms with E-state index in [0.717, 1.165) is 11.8 Å². The summed E-state index contributed by atoms with van der Waals surface area (Å²) in [5.41, 5.74) is 0. The molecule has 2 aliphatic carbocycles. The molecule has 0 aromatic rings. The standard InChI is InChI=1S/2C7H14.2CH3.2ClH.Zr/c2*1-2-7-5-3-4-6-7;;;;;/h2*7H,2-6H2,1H3;2*1H3;2*1H;/q;;2*-1;;;+4/p-2. The Morgan fingerprint density at radius 1 is 0.737 bits per heavy atom. The second-order valence-electron chi connectivity index (χ2n) is 5.19. The Bertz CT molecular complexity index is 126. The molecule has 2 fully saturated rings. The summed E-state index contributed by atoms with van der Waals surface area (Å²) in [4.78, 5) is 0. The fourth-order valence-corrected chi connectivity index (χ4v) is 2.84. The van der Waals surface area contributed by atoms with Gasteiger partial charge >= 0.3 is 37.9 Å². The summed E-state index contributed by atoms with van der Waals surface area (Å²) in [5.74, 6) is 2.19. The van der Waals surface area contributed by atoms with Crippen molar-refractivity contribution in [3.63, 3.8) is 0 Å². The van der Waals surface area contributed by atoms with Crippen LogP contribution in [0, 0.1) is 26.7 Å². The molecule has 0 aromatic heterocycles. The molecule has 0 radical (unpaired) electrons. The monoisotopic (exact) mass is 386 g/mol. The van der Waals surface area contributed by atoms with Crippen molar-refractivity contribution in [3.8, 4) is 0 Å². The molecule has 2 rings (SSSR count). The fraction of sp³-hybridized carbons (Fsp3) is 0.875. The van der Waals surface area contributed by atoms with E-state index in [0.29, 0.717) is 0 Å². The van der Waals surface area contributed by atoms with Crippen molar-refractivity contribution in [1.29, 1.82) is 0 Å². The van der Waals surface area contributed by atoms with Crippen LogP contribution in [0.1, 0.15) is 78.1 Å². The van der Waals surface area contributed by atoms with Gasteiger partial charge in [-0.25, -0.2) is 0 Å². The number of rotatable bonds is 2. The predicted octanol–water partition coefficient (Wildman–Crippen LogP) is 7.45. The first-order chi connectivity index (χ1) is 8.28. The van der Waals surface area contributed by atoms with E-state index in [1.807, 2.05) is 0 Å².